The minimum absolute atomic E-state index is 0.0164. The van der Waals surface area contributed by atoms with E-state index in [0.29, 0.717) is 25.0 Å². The SMILES string of the molecule is CCN(C(=NCC(C)(C)CN)Nc1ccc(OCCC(C)C)cc1)C(C)C. The summed E-state index contributed by atoms with van der Waals surface area (Å²) < 4.78 is 5.81. The largest absolute Gasteiger partial charge is 0.494 e. The van der Waals surface area contributed by atoms with Gasteiger partial charge in [0.2, 0.25) is 0 Å². The van der Waals surface area contributed by atoms with Gasteiger partial charge in [0.25, 0.3) is 0 Å². The molecule has 0 unspecified atom stereocenters. The molecule has 0 fully saturated rings. The predicted molar refractivity (Wildman–Crippen MR) is 118 cm³/mol. The summed E-state index contributed by atoms with van der Waals surface area (Å²) in [5.41, 5.74) is 6.86. The standard InChI is InChI=1S/C22H40N4O/c1-8-26(18(4)5)21(24-16-22(6,7)15-23)25-19-9-11-20(12-10-19)27-14-13-17(2)3/h9-12,17-18H,8,13-16,23H2,1-7H3,(H,24,25). The number of nitrogens with one attached hydrogen (secondary N) is 1. The summed E-state index contributed by atoms with van der Waals surface area (Å²) in [4.78, 5) is 7.13. The summed E-state index contributed by atoms with van der Waals surface area (Å²) in [6.07, 6.45) is 1.06. The fourth-order valence-electron chi connectivity index (χ4n) is 2.49. The van der Waals surface area contributed by atoms with Crippen molar-refractivity contribution in [3.63, 3.8) is 0 Å². The highest BCUT2D eigenvalue weighted by atomic mass is 16.5. The second kappa shape index (κ2) is 11.2. The van der Waals surface area contributed by atoms with Crippen molar-refractivity contribution in [2.75, 3.05) is 31.6 Å². The lowest BCUT2D eigenvalue weighted by Crippen LogP contribution is -2.42. The fraction of sp³-hybridized carbons (Fsp3) is 0.682. The molecule has 0 aliphatic carbocycles. The predicted octanol–water partition coefficient (Wildman–Crippen LogP) is 4.59. The van der Waals surface area contributed by atoms with Crippen molar-refractivity contribution in [2.45, 2.75) is 60.9 Å². The summed E-state index contributed by atoms with van der Waals surface area (Å²) in [5.74, 6) is 2.45. The van der Waals surface area contributed by atoms with E-state index in [-0.39, 0.29) is 5.41 Å². The maximum absolute atomic E-state index is 5.87. The molecule has 0 atom stereocenters. The molecule has 154 valence electrons. The van der Waals surface area contributed by atoms with Gasteiger partial charge in [-0.1, -0.05) is 27.7 Å². The van der Waals surface area contributed by atoms with E-state index in [4.69, 9.17) is 15.5 Å². The van der Waals surface area contributed by atoms with E-state index in [1.165, 1.54) is 0 Å². The van der Waals surface area contributed by atoms with Gasteiger partial charge >= 0.3 is 0 Å². The Balaban J connectivity index is 2.86. The molecule has 5 heteroatoms. The highest BCUT2D eigenvalue weighted by molar-refractivity contribution is 5.93. The van der Waals surface area contributed by atoms with Crippen molar-refractivity contribution >= 4 is 11.6 Å². The number of rotatable bonds is 10. The molecule has 0 spiro atoms. The lowest BCUT2D eigenvalue weighted by Gasteiger charge is -2.30. The van der Waals surface area contributed by atoms with Gasteiger partial charge in [-0.2, -0.15) is 0 Å². The Hall–Kier alpha value is -1.75. The topological polar surface area (TPSA) is 62.9 Å². The van der Waals surface area contributed by atoms with Gasteiger partial charge in [-0.3, -0.25) is 4.99 Å². The van der Waals surface area contributed by atoms with Crippen molar-refractivity contribution in [1.29, 1.82) is 0 Å². The summed E-state index contributed by atoms with van der Waals surface area (Å²) in [7, 11) is 0. The summed E-state index contributed by atoms with van der Waals surface area (Å²) in [5, 5.41) is 3.49. The van der Waals surface area contributed by atoms with Crippen LogP contribution in [0.2, 0.25) is 0 Å². The Labute approximate surface area is 166 Å². The molecular formula is C22H40N4O. The Morgan fingerprint density at radius 2 is 1.81 bits per heavy atom. The van der Waals surface area contributed by atoms with E-state index >= 15 is 0 Å². The summed E-state index contributed by atoms with van der Waals surface area (Å²) in [6, 6.07) is 8.47. The number of benzene rings is 1. The first kappa shape index (κ1) is 23.3. The molecule has 0 saturated heterocycles. The molecule has 0 amide bonds. The molecule has 27 heavy (non-hydrogen) atoms. The van der Waals surface area contributed by atoms with E-state index in [1.54, 1.807) is 0 Å². The normalized spacial score (nSPS) is 12.6. The molecule has 0 aliphatic heterocycles. The fourth-order valence-corrected chi connectivity index (χ4v) is 2.49. The van der Waals surface area contributed by atoms with E-state index in [2.05, 4.69) is 58.7 Å². The zero-order valence-electron chi connectivity index (χ0n) is 18.4. The number of aliphatic imine (C=N–C) groups is 1. The van der Waals surface area contributed by atoms with Crippen LogP contribution >= 0.6 is 0 Å². The Morgan fingerprint density at radius 3 is 2.30 bits per heavy atom. The summed E-state index contributed by atoms with van der Waals surface area (Å²) >= 11 is 0. The molecule has 3 N–H and O–H groups in total. The first-order chi connectivity index (χ1) is 12.7. The van der Waals surface area contributed by atoms with Crippen LogP contribution in [-0.2, 0) is 0 Å². The second-order valence-corrected chi connectivity index (χ2v) is 8.57. The van der Waals surface area contributed by atoms with E-state index in [1.807, 2.05) is 24.3 Å². The van der Waals surface area contributed by atoms with Crippen LogP contribution in [0, 0.1) is 11.3 Å². The van der Waals surface area contributed by atoms with Crippen LogP contribution in [0.3, 0.4) is 0 Å². The third kappa shape index (κ3) is 8.65. The molecule has 0 radical (unpaired) electrons. The zero-order valence-corrected chi connectivity index (χ0v) is 18.4. The number of hydrogen-bond acceptors (Lipinski definition) is 3. The molecule has 0 aliphatic rings. The van der Waals surface area contributed by atoms with Crippen LogP contribution in [0.4, 0.5) is 5.69 Å². The zero-order chi connectivity index (χ0) is 20.4. The van der Waals surface area contributed by atoms with Crippen molar-refractivity contribution in [2.24, 2.45) is 22.1 Å². The first-order valence-electron chi connectivity index (χ1n) is 10.2. The third-order valence-corrected chi connectivity index (χ3v) is 4.52. The molecule has 5 nitrogen and oxygen atoms in total. The molecule has 1 rings (SSSR count). The average Bonchev–Trinajstić information content (AvgIpc) is 2.61. The minimum Gasteiger partial charge on any atom is -0.494 e. The van der Waals surface area contributed by atoms with Gasteiger partial charge < -0.3 is 20.7 Å². The Kier molecular flexibility index (Phi) is 9.64. The second-order valence-electron chi connectivity index (χ2n) is 8.57. The van der Waals surface area contributed by atoms with Gasteiger partial charge in [-0.05, 0) is 69.3 Å². The first-order valence-corrected chi connectivity index (χ1v) is 10.2. The minimum atomic E-state index is -0.0164. The number of anilines is 1. The smallest absolute Gasteiger partial charge is 0.198 e. The number of ether oxygens (including phenoxy) is 1. The van der Waals surface area contributed by atoms with E-state index in [9.17, 15) is 0 Å². The van der Waals surface area contributed by atoms with Gasteiger partial charge in [0.05, 0.1) is 6.61 Å². The van der Waals surface area contributed by atoms with Crippen LogP contribution in [0.25, 0.3) is 0 Å². The molecular weight excluding hydrogens is 336 g/mol. The third-order valence-electron chi connectivity index (χ3n) is 4.52. The maximum atomic E-state index is 5.87. The van der Waals surface area contributed by atoms with Crippen LogP contribution < -0.4 is 15.8 Å². The van der Waals surface area contributed by atoms with Crippen LogP contribution in [0.15, 0.2) is 29.3 Å². The number of guanidine groups is 1. The molecule has 0 bridgehead atoms. The number of nitrogens with two attached hydrogens (primary N) is 1. The van der Waals surface area contributed by atoms with Crippen molar-refractivity contribution in [3.05, 3.63) is 24.3 Å². The number of hydrogen-bond donors (Lipinski definition) is 2. The molecule has 1 aromatic carbocycles. The van der Waals surface area contributed by atoms with Crippen molar-refractivity contribution in [1.82, 2.24) is 4.90 Å². The Bertz CT molecular complexity index is 564. The van der Waals surface area contributed by atoms with Gasteiger partial charge in [0.1, 0.15) is 5.75 Å². The van der Waals surface area contributed by atoms with Crippen LogP contribution in [0.1, 0.15) is 54.9 Å². The highest BCUT2D eigenvalue weighted by Crippen LogP contribution is 2.18. The van der Waals surface area contributed by atoms with E-state index in [0.717, 1.165) is 37.0 Å². The lowest BCUT2D eigenvalue weighted by atomic mass is 9.94. The number of nitrogens with zero attached hydrogens (tertiary/aromatic N) is 2. The maximum Gasteiger partial charge on any atom is 0.198 e. The molecule has 0 heterocycles. The van der Waals surface area contributed by atoms with Gasteiger partial charge in [-0.25, -0.2) is 0 Å². The van der Waals surface area contributed by atoms with Crippen molar-refractivity contribution < 1.29 is 4.74 Å². The van der Waals surface area contributed by atoms with Crippen LogP contribution in [0.5, 0.6) is 5.75 Å². The van der Waals surface area contributed by atoms with Gasteiger partial charge in [0.15, 0.2) is 5.96 Å². The molecule has 0 aromatic heterocycles. The Morgan fingerprint density at radius 1 is 1.19 bits per heavy atom. The molecule has 1 aromatic rings. The summed E-state index contributed by atoms with van der Waals surface area (Å²) in [6.45, 7) is 18.1. The monoisotopic (exact) mass is 376 g/mol. The van der Waals surface area contributed by atoms with E-state index < -0.39 is 0 Å². The molecule has 0 saturated carbocycles. The quantitative estimate of drug-likeness (QED) is 0.463. The highest BCUT2D eigenvalue weighted by Gasteiger charge is 2.18. The van der Waals surface area contributed by atoms with Gasteiger partial charge in [0, 0.05) is 24.8 Å². The lowest BCUT2D eigenvalue weighted by molar-refractivity contribution is 0.289. The van der Waals surface area contributed by atoms with Gasteiger partial charge in [-0.15, -0.1) is 0 Å². The van der Waals surface area contributed by atoms with Crippen LogP contribution in [-0.4, -0.2) is 43.1 Å². The van der Waals surface area contributed by atoms with Crippen molar-refractivity contribution in [3.8, 4) is 5.75 Å². The average molecular weight is 377 g/mol.